The number of rotatable bonds is 11. The number of fused-ring (bicyclic) bond motifs is 1. The topological polar surface area (TPSA) is 48.4 Å². The van der Waals surface area contributed by atoms with E-state index in [0.717, 1.165) is 23.7 Å². The molecule has 1 aromatic carbocycles. The van der Waals surface area contributed by atoms with E-state index in [0.29, 0.717) is 12.3 Å². The fourth-order valence-electron chi connectivity index (χ4n) is 2.63. The normalized spacial score (nSPS) is 10.7. The number of unbranched alkanes of at least 4 members (excludes halogenated alkanes) is 7. The van der Waals surface area contributed by atoms with Gasteiger partial charge in [0, 0.05) is 11.5 Å². The van der Waals surface area contributed by atoms with Crippen molar-refractivity contribution >= 4 is 16.9 Å². The fraction of sp³-hybridized carbons (Fsp3) is 0.500. The molecule has 2 rings (SSSR count). The van der Waals surface area contributed by atoms with Crippen LogP contribution in [0.4, 0.5) is 0 Å². The van der Waals surface area contributed by atoms with E-state index in [-0.39, 0.29) is 5.97 Å². The molecule has 1 heterocycles. The highest BCUT2D eigenvalue weighted by molar-refractivity contribution is 5.78. The molecular formula is C20H27NO3. The summed E-state index contributed by atoms with van der Waals surface area (Å²) >= 11 is 0. The molecule has 0 atom stereocenters. The van der Waals surface area contributed by atoms with Crippen LogP contribution in [0.2, 0.25) is 0 Å². The zero-order chi connectivity index (χ0) is 17.0. The van der Waals surface area contributed by atoms with E-state index in [1.165, 1.54) is 38.5 Å². The number of benzene rings is 1. The number of carbonyl (C=O) groups is 1. The Balaban J connectivity index is 1.59. The lowest BCUT2D eigenvalue weighted by atomic mass is 10.1. The van der Waals surface area contributed by atoms with Crippen molar-refractivity contribution in [3.05, 3.63) is 36.4 Å². The Morgan fingerprint density at radius 3 is 2.42 bits per heavy atom. The van der Waals surface area contributed by atoms with Gasteiger partial charge in [-0.15, -0.1) is 0 Å². The van der Waals surface area contributed by atoms with Crippen LogP contribution in [0, 0.1) is 0 Å². The smallest absolute Gasteiger partial charge is 0.266 e. The Hall–Kier alpha value is -2.10. The van der Waals surface area contributed by atoms with Gasteiger partial charge >= 0.3 is 5.97 Å². The first-order chi connectivity index (χ1) is 11.8. The molecule has 0 saturated heterocycles. The maximum absolute atomic E-state index is 11.7. The monoisotopic (exact) mass is 329 g/mol. The predicted molar refractivity (Wildman–Crippen MR) is 95.7 cm³/mol. The van der Waals surface area contributed by atoms with Gasteiger partial charge in [-0.05, 0) is 18.6 Å². The van der Waals surface area contributed by atoms with Crippen molar-refractivity contribution in [2.24, 2.45) is 0 Å². The molecule has 0 spiro atoms. The quantitative estimate of drug-likeness (QED) is 0.306. The molecule has 0 unspecified atom stereocenters. The molecule has 0 aliphatic heterocycles. The summed E-state index contributed by atoms with van der Waals surface area (Å²) in [4.78, 5) is 25.8. The van der Waals surface area contributed by atoms with Gasteiger partial charge in [0.25, 0.3) is 5.88 Å². The Morgan fingerprint density at radius 2 is 1.62 bits per heavy atom. The van der Waals surface area contributed by atoms with E-state index in [1.54, 1.807) is 6.07 Å². The Bertz CT molecular complexity index is 627. The van der Waals surface area contributed by atoms with Crippen LogP contribution in [0.1, 0.15) is 64.7 Å². The number of nitrogens with zero attached hydrogens (tertiary/aromatic N) is 1. The summed E-state index contributed by atoms with van der Waals surface area (Å²) in [5.41, 5.74) is 0.814. The first-order valence-electron chi connectivity index (χ1n) is 9.02. The Kier molecular flexibility index (Phi) is 8.08. The number of hydrogen-bond acceptors (Lipinski definition) is 4. The maximum atomic E-state index is 11.7. The molecule has 0 fully saturated rings. The second kappa shape index (κ2) is 10.6. The lowest BCUT2D eigenvalue weighted by molar-refractivity contribution is -0.215. The second-order valence-electron chi connectivity index (χ2n) is 6.11. The van der Waals surface area contributed by atoms with Gasteiger partial charge in [0.2, 0.25) is 0 Å². The summed E-state index contributed by atoms with van der Waals surface area (Å²) in [6.07, 6.45) is 9.97. The molecule has 2 aromatic rings. The molecule has 4 heteroatoms. The highest BCUT2D eigenvalue weighted by atomic mass is 17.2. The van der Waals surface area contributed by atoms with Gasteiger partial charge in [-0.3, -0.25) is 4.89 Å². The lowest BCUT2D eigenvalue weighted by Crippen LogP contribution is -2.08. The van der Waals surface area contributed by atoms with Gasteiger partial charge in [-0.25, -0.2) is 14.7 Å². The van der Waals surface area contributed by atoms with E-state index in [1.807, 2.05) is 30.3 Å². The lowest BCUT2D eigenvalue weighted by Gasteiger charge is -2.05. The molecule has 0 amide bonds. The van der Waals surface area contributed by atoms with Gasteiger partial charge in [0.15, 0.2) is 0 Å². The highest BCUT2D eigenvalue weighted by Gasteiger charge is 2.06. The highest BCUT2D eigenvalue weighted by Crippen LogP contribution is 2.16. The Labute approximate surface area is 144 Å². The van der Waals surface area contributed by atoms with E-state index in [2.05, 4.69) is 11.9 Å². The third-order valence-corrected chi connectivity index (χ3v) is 4.03. The van der Waals surface area contributed by atoms with E-state index in [9.17, 15) is 4.79 Å². The molecule has 24 heavy (non-hydrogen) atoms. The average molecular weight is 329 g/mol. The zero-order valence-electron chi connectivity index (χ0n) is 14.5. The van der Waals surface area contributed by atoms with Crippen LogP contribution in [0.3, 0.4) is 0 Å². The first kappa shape index (κ1) is 18.2. The number of carbonyl (C=O) groups excluding carboxylic acids is 1. The summed E-state index contributed by atoms with van der Waals surface area (Å²) in [6, 6.07) is 11.3. The molecule has 1 aromatic heterocycles. The standard InChI is InChI=1S/C20H27NO3/c1-2-3-4-5-6-7-8-9-14-20(22)24-23-19-16-15-17-12-10-11-13-18(17)21-19/h10-13,15-16H,2-9,14H2,1H3. The minimum Gasteiger partial charge on any atom is -0.266 e. The van der Waals surface area contributed by atoms with Crippen LogP contribution in [0.25, 0.3) is 10.9 Å². The first-order valence-corrected chi connectivity index (χ1v) is 9.02. The van der Waals surface area contributed by atoms with Gasteiger partial charge in [-0.2, -0.15) is 0 Å². The third kappa shape index (κ3) is 6.57. The summed E-state index contributed by atoms with van der Waals surface area (Å²) < 4.78 is 0. The maximum Gasteiger partial charge on any atom is 0.355 e. The molecule has 0 radical (unpaired) electrons. The molecule has 0 bridgehead atoms. The minimum absolute atomic E-state index is 0.304. The van der Waals surface area contributed by atoms with Gasteiger partial charge in [0.05, 0.1) is 11.9 Å². The van der Waals surface area contributed by atoms with Crippen molar-refractivity contribution in [1.29, 1.82) is 0 Å². The largest absolute Gasteiger partial charge is 0.355 e. The number of pyridine rings is 1. The zero-order valence-corrected chi connectivity index (χ0v) is 14.5. The molecule has 0 N–H and O–H groups in total. The number of aromatic nitrogens is 1. The third-order valence-electron chi connectivity index (χ3n) is 4.03. The number of para-hydroxylation sites is 1. The van der Waals surface area contributed by atoms with Gasteiger partial charge < -0.3 is 0 Å². The summed E-state index contributed by atoms with van der Waals surface area (Å²) in [5.74, 6) is -0.0334. The van der Waals surface area contributed by atoms with Gasteiger partial charge in [0.1, 0.15) is 0 Å². The fourth-order valence-corrected chi connectivity index (χ4v) is 2.63. The average Bonchev–Trinajstić information content (AvgIpc) is 2.62. The number of hydrogen-bond donors (Lipinski definition) is 0. The summed E-state index contributed by atoms with van der Waals surface area (Å²) in [7, 11) is 0. The molecule has 0 aliphatic carbocycles. The van der Waals surface area contributed by atoms with Crippen LogP contribution in [0.15, 0.2) is 36.4 Å². The van der Waals surface area contributed by atoms with Crippen LogP contribution >= 0.6 is 0 Å². The SMILES string of the molecule is CCCCCCCCCCC(=O)OOc1ccc2ccccc2n1. The van der Waals surface area contributed by atoms with Crippen LogP contribution in [0.5, 0.6) is 5.88 Å². The van der Waals surface area contributed by atoms with Crippen molar-refractivity contribution in [3.8, 4) is 5.88 Å². The molecular weight excluding hydrogens is 302 g/mol. The molecule has 130 valence electrons. The predicted octanol–water partition coefficient (Wildman–Crippen LogP) is 5.60. The van der Waals surface area contributed by atoms with Crippen molar-refractivity contribution < 1.29 is 14.6 Å². The molecule has 0 aliphatic rings. The van der Waals surface area contributed by atoms with Crippen LogP contribution in [-0.4, -0.2) is 11.0 Å². The second-order valence-corrected chi connectivity index (χ2v) is 6.11. The summed E-state index contributed by atoms with van der Waals surface area (Å²) in [6.45, 7) is 2.22. The molecule has 0 saturated carbocycles. The van der Waals surface area contributed by atoms with E-state index < -0.39 is 0 Å². The minimum atomic E-state index is -0.337. The van der Waals surface area contributed by atoms with Crippen molar-refractivity contribution in [3.63, 3.8) is 0 Å². The molecule has 4 nitrogen and oxygen atoms in total. The van der Waals surface area contributed by atoms with Crippen LogP contribution in [-0.2, 0) is 9.68 Å². The Morgan fingerprint density at radius 1 is 0.917 bits per heavy atom. The van der Waals surface area contributed by atoms with Crippen molar-refractivity contribution in [2.75, 3.05) is 0 Å². The van der Waals surface area contributed by atoms with Gasteiger partial charge in [-0.1, -0.05) is 70.1 Å². The summed E-state index contributed by atoms with van der Waals surface area (Å²) in [5, 5.41) is 1.02. The van der Waals surface area contributed by atoms with E-state index in [4.69, 9.17) is 9.78 Å². The van der Waals surface area contributed by atoms with Crippen molar-refractivity contribution in [2.45, 2.75) is 64.7 Å². The van der Waals surface area contributed by atoms with Crippen LogP contribution < -0.4 is 4.89 Å². The van der Waals surface area contributed by atoms with E-state index >= 15 is 0 Å². The van der Waals surface area contributed by atoms with Crippen molar-refractivity contribution in [1.82, 2.24) is 4.98 Å².